The van der Waals surface area contributed by atoms with E-state index in [1.54, 1.807) is 13.1 Å². The number of halogens is 3. The second kappa shape index (κ2) is 10.6. The number of hydrogen-bond acceptors (Lipinski definition) is 3. The minimum atomic E-state index is -4.31. The topological polar surface area (TPSA) is 51.8 Å². The molecule has 0 saturated heterocycles. The maximum Gasteiger partial charge on any atom is 0.396 e. The van der Waals surface area contributed by atoms with Gasteiger partial charge in [-0.3, -0.25) is 4.99 Å². The zero-order chi connectivity index (χ0) is 22.1. The van der Waals surface area contributed by atoms with Crippen LogP contribution in [0, 0.1) is 0 Å². The van der Waals surface area contributed by atoms with Gasteiger partial charge in [-0.25, -0.2) is 9.89 Å². The smallest absolute Gasteiger partial charge is 0.381 e. The molecule has 1 aliphatic heterocycles. The summed E-state index contributed by atoms with van der Waals surface area (Å²) in [5, 5.41) is 6.44. The molecule has 1 atom stereocenters. The van der Waals surface area contributed by atoms with E-state index in [9.17, 15) is 13.2 Å². The summed E-state index contributed by atoms with van der Waals surface area (Å²) in [6.07, 6.45) is 3.28. The van der Waals surface area contributed by atoms with Gasteiger partial charge in [-0.2, -0.15) is 13.2 Å². The molecule has 1 heterocycles. The summed E-state index contributed by atoms with van der Waals surface area (Å²) in [7, 11) is 0. The van der Waals surface area contributed by atoms with Crippen molar-refractivity contribution in [3.63, 3.8) is 0 Å². The van der Waals surface area contributed by atoms with Gasteiger partial charge >= 0.3 is 12.1 Å². The quantitative estimate of drug-likeness (QED) is 0.351. The molecular weight excluding hydrogens is 391 g/mol. The molecule has 8 heteroatoms. The molecule has 0 aliphatic carbocycles. The first-order chi connectivity index (χ1) is 14.2. The summed E-state index contributed by atoms with van der Waals surface area (Å²) in [5.74, 6) is 0.342. The van der Waals surface area contributed by atoms with E-state index >= 15 is 0 Å². The molecule has 30 heavy (non-hydrogen) atoms. The molecule has 2 rings (SSSR count). The molecule has 0 amide bonds. The fourth-order valence-electron chi connectivity index (χ4n) is 2.78. The molecule has 0 aromatic heterocycles. The predicted octanol–water partition coefficient (Wildman–Crippen LogP) is 5.46. The Hall–Kier alpha value is -3.16. The van der Waals surface area contributed by atoms with Crippen molar-refractivity contribution in [2.45, 2.75) is 38.9 Å². The van der Waals surface area contributed by atoms with Crippen molar-refractivity contribution in [1.82, 2.24) is 0 Å². The van der Waals surface area contributed by atoms with Crippen LogP contribution >= 0.6 is 0 Å². The van der Waals surface area contributed by atoms with Crippen molar-refractivity contribution < 1.29 is 17.7 Å². The van der Waals surface area contributed by atoms with Crippen LogP contribution in [0.3, 0.4) is 0 Å². The Morgan fingerprint density at radius 2 is 2.17 bits per heavy atom. The van der Waals surface area contributed by atoms with E-state index in [0.717, 1.165) is 29.6 Å². The van der Waals surface area contributed by atoms with Crippen molar-refractivity contribution in [2.24, 2.45) is 9.98 Å². The summed E-state index contributed by atoms with van der Waals surface area (Å²) in [4.78, 5) is 8.42. The van der Waals surface area contributed by atoms with Crippen molar-refractivity contribution in [3.05, 3.63) is 54.4 Å². The third-order valence-electron chi connectivity index (χ3n) is 4.36. The number of rotatable bonds is 7. The van der Waals surface area contributed by atoms with Crippen LogP contribution in [0.5, 0.6) is 0 Å². The lowest BCUT2D eigenvalue weighted by Gasteiger charge is -2.17. The van der Waals surface area contributed by atoms with E-state index in [0.29, 0.717) is 12.4 Å². The molecule has 1 aromatic rings. The zero-order valence-corrected chi connectivity index (χ0v) is 17.2. The molecule has 1 aromatic carbocycles. The summed E-state index contributed by atoms with van der Waals surface area (Å²) in [6, 6.07) is 5.23. The lowest BCUT2D eigenvalue weighted by molar-refractivity contribution is -0.429. The Balaban J connectivity index is 2.26. The van der Waals surface area contributed by atoms with Crippen LogP contribution in [0.4, 0.5) is 24.5 Å². The first-order valence-electron chi connectivity index (χ1n) is 9.64. The summed E-state index contributed by atoms with van der Waals surface area (Å²) < 4.78 is 39.7. The van der Waals surface area contributed by atoms with E-state index < -0.39 is 18.6 Å². The van der Waals surface area contributed by atoms with Crippen LogP contribution in [-0.2, 0) is 0 Å². The lowest BCUT2D eigenvalue weighted by Crippen LogP contribution is -2.34. The average Bonchev–Trinajstić information content (AvgIpc) is 2.71. The predicted molar refractivity (Wildman–Crippen MR) is 120 cm³/mol. The van der Waals surface area contributed by atoms with Gasteiger partial charge < -0.3 is 5.32 Å². The standard InChI is InChI=1S/C22H27F3N5/c1-5-13-27-19(11-12-22(23,24)25)16(3)30(4)21(26-6-2)29-18-9-10-20-17(15-18)8-7-14-28-20/h6-11,13,15-16,28H,2,4-5,12,14H2,1,3H3,(H,26,29)/q+1. The third-order valence-corrected chi connectivity index (χ3v) is 4.36. The molecule has 1 unspecified atom stereocenters. The van der Waals surface area contributed by atoms with Crippen LogP contribution in [0.2, 0.25) is 0 Å². The van der Waals surface area contributed by atoms with Gasteiger partial charge in [0.15, 0.2) is 0 Å². The second-order valence-electron chi connectivity index (χ2n) is 6.66. The molecule has 1 aliphatic rings. The fourth-order valence-corrected chi connectivity index (χ4v) is 2.78. The van der Waals surface area contributed by atoms with Gasteiger partial charge in [-0.1, -0.05) is 36.7 Å². The van der Waals surface area contributed by atoms with Crippen LogP contribution in [0.25, 0.3) is 6.08 Å². The maximum absolute atomic E-state index is 12.7. The van der Waals surface area contributed by atoms with E-state index in [1.165, 1.54) is 10.8 Å². The van der Waals surface area contributed by atoms with Crippen molar-refractivity contribution in [2.75, 3.05) is 17.2 Å². The first-order valence-corrected chi connectivity index (χ1v) is 9.64. The summed E-state index contributed by atoms with van der Waals surface area (Å²) >= 11 is 0. The number of benzene rings is 1. The number of alkyl halides is 3. The highest BCUT2D eigenvalue weighted by Gasteiger charge is 2.28. The van der Waals surface area contributed by atoms with Gasteiger partial charge in [-0.15, -0.1) is 0 Å². The summed E-state index contributed by atoms with van der Waals surface area (Å²) in [6.45, 7) is 12.0. The van der Waals surface area contributed by atoms with Gasteiger partial charge in [-0.05, 0) is 31.5 Å². The molecular formula is C22H27F3N5+. The highest BCUT2D eigenvalue weighted by atomic mass is 19.4. The monoisotopic (exact) mass is 418 g/mol. The molecule has 0 saturated carbocycles. The Labute approximate surface area is 175 Å². The van der Waals surface area contributed by atoms with Crippen LogP contribution in [0.15, 0.2) is 58.8 Å². The molecule has 0 spiro atoms. The van der Waals surface area contributed by atoms with Crippen molar-refractivity contribution in [3.8, 4) is 0 Å². The Bertz CT molecular complexity index is 895. The van der Waals surface area contributed by atoms with Crippen molar-refractivity contribution >= 4 is 36.3 Å². The molecule has 0 bridgehead atoms. The second-order valence-corrected chi connectivity index (χ2v) is 6.66. The lowest BCUT2D eigenvalue weighted by atomic mass is 10.1. The Morgan fingerprint density at radius 3 is 2.83 bits per heavy atom. The normalized spacial score (nSPS) is 15.5. The summed E-state index contributed by atoms with van der Waals surface area (Å²) in [5.41, 5.74) is 3.07. The number of hydrogen-bond donors (Lipinski definition) is 2. The number of fused-ring (bicyclic) bond motifs is 1. The average molecular weight is 418 g/mol. The zero-order valence-electron chi connectivity index (χ0n) is 17.2. The number of nitrogens with one attached hydrogen (secondary N) is 2. The minimum Gasteiger partial charge on any atom is -0.381 e. The number of guanidine groups is 1. The van der Waals surface area contributed by atoms with E-state index in [4.69, 9.17) is 0 Å². The van der Waals surface area contributed by atoms with Crippen LogP contribution < -0.4 is 10.6 Å². The first kappa shape index (κ1) is 23.1. The van der Waals surface area contributed by atoms with Gasteiger partial charge in [0.05, 0.1) is 24.0 Å². The molecule has 0 radical (unpaired) electrons. The Morgan fingerprint density at radius 1 is 1.40 bits per heavy atom. The SMILES string of the molecule is C=CN=C(Nc1ccc2c(c1)C=CCN2)[N+](=C)C(C)C(=CCC(F)(F)F)N=CCC. The Kier molecular flexibility index (Phi) is 8.15. The minimum absolute atomic E-state index is 0.264. The number of nitrogens with zero attached hydrogens (tertiary/aromatic N) is 3. The molecule has 5 nitrogen and oxygen atoms in total. The highest BCUT2D eigenvalue weighted by Crippen LogP contribution is 2.25. The van der Waals surface area contributed by atoms with Gasteiger partial charge in [0, 0.05) is 30.7 Å². The van der Waals surface area contributed by atoms with E-state index in [1.807, 2.05) is 37.3 Å². The van der Waals surface area contributed by atoms with Gasteiger partial charge in [0.2, 0.25) is 0 Å². The molecule has 0 fully saturated rings. The number of anilines is 2. The van der Waals surface area contributed by atoms with Gasteiger partial charge in [0.1, 0.15) is 6.04 Å². The van der Waals surface area contributed by atoms with E-state index in [2.05, 4.69) is 33.9 Å². The van der Waals surface area contributed by atoms with E-state index in [-0.39, 0.29) is 5.70 Å². The molecule has 160 valence electrons. The van der Waals surface area contributed by atoms with Crippen LogP contribution in [0.1, 0.15) is 32.3 Å². The third kappa shape index (κ3) is 6.72. The maximum atomic E-state index is 12.7. The highest BCUT2D eigenvalue weighted by molar-refractivity contribution is 5.90. The largest absolute Gasteiger partial charge is 0.396 e. The van der Waals surface area contributed by atoms with Crippen molar-refractivity contribution in [1.29, 1.82) is 0 Å². The van der Waals surface area contributed by atoms with Gasteiger partial charge in [0.25, 0.3) is 0 Å². The number of allylic oxidation sites excluding steroid dienone is 1. The number of aliphatic imine (C=N–C) groups is 2. The molecule has 2 N–H and O–H groups in total. The fraction of sp³-hybridized carbons (Fsp3) is 0.318. The van der Waals surface area contributed by atoms with Crippen LogP contribution in [-0.4, -0.2) is 42.2 Å².